The van der Waals surface area contributed by atoms with Gasteiger partial charge in [0.2, 0.25) is 0 Å². The maximum atomic E-state index is 12.9. The van der Waals surface area contributed by atoms with Crippen LogP contribution in [0.15, 0.2) is 48.5 Å². The summed E-state index contributed by atoms with van der Waals surface area (Å²) in [6.07, 6.45) is 26.9. The highest BCUT2D eigenvalue weighted by atomic mass is 16.3. The van der Waals surface area contributed by atoms with Crippen molar-refractivity contribution in [3.05, 3.63) is 70.8 Å². The molecule has 0 bridgehead atoms. The van der Waals surface area contributed by atoms with E-state index in [1.165, 1.54) is 103 Å². The average molecular weight is 625 g/mol. The van der Waals surface area contributed by atoms with E-state index < -0.39 is 30.8 Å². The SMILES string of the molecule is CCCCCCCCCCCCc1ccccc1C(O)(c1ccccc1CCCCCCCCCCCC)C(CO)(CO)CO. The van der Waals surface area contributed by atoms with Crippen molar-refractivity contribution in [1.29, 1.82) is 0 Å². The number of benzene rings is 2. The summed E-state index contributed by atoms with van der Waals surface area (Å²) in [6.45, 7) is 2.92. The number of aliphatic hydroxyl groups excluding tert-OH is 3. The lowest BCUT2D eigenvalue weighted by Crippen LogP contribution is -2.55. The summed E-state index contributed by atoms with van der Waals surface area (Å²) >= 11 is 0. The largest absolute Gasteiger partial charge is 0.395 e. The Balaban J connectivity index is 2.15. The van der Waals surface area contributed by atoms with Gasteiger partial charge in [0, 0.05) is 0 Å². The molecule has 0 amide bonds. The van der Waals surface area contributed by atoms with Gasteiger partial charge in [-0.1, -0.05) is 178 Å². The fraction of sp³-hybridized carbons (Fsp3) is 0.707. The van der Waals surface area contributed by atoms with Gasteiger partial charge in [0.25, 0.3) is 0 Å². The fourth-order valence-corrected chi connectivity index (χ4v) is 7.00. The second-order valence-electron chi connectivity index (χ2n) is 13.6. The topological polar surface area (TPSA) is 80.9 Å². The van der Waals surface area contributed by atoms with E-state index in [-0.39, 0.29) is 0 Å². The normalized spacial score (nSPS) is 12.2. The molecule has 4 nitrogen and oxygen atoms in total. The van der Waals surface area contributed by atoms with E-state index in [0.29, 0.717) is 11.1 Å². The number of hydrogen-bond donors (Lipinski definition) is 4. The molecule has 4 N–H and O–H groups in total. The maximum Gasteiger partial charge on any atom is 0.127 e. The quantitative estimate of drug-likeness (QED) is 0.0711. The Morgan fingerprint density at radius 1 is 0.422 bits per heavy atom. The Kier molecular flexibility index (Phi) is 20.7. The maximum absolute atomic E-state index is 12.9. The van der Waals surface area contributed by atoms with Crippen molar-refractivity contribution in [3.63, 3.8) is 0 Å². The van der Waals surface area contributed by atoms with Crippen LogP contribution in [0.2, 0.25) is 0 Å². The van der Waals surface area contributed by atoms with Crippen LogP contribution >= 0.6 is 0 Å². The minimum atomic E-state index is -1.74. The first-order valence-electron chi connectivity index (χ1n) is 18.8. The molecule has 0 aliphatic heterocycles. The van der Waals surface area contributed by atoms with Crippen LogP contribution in [0.3, 0.4) is 0 Å². The van der Waals surface area contributed by atoms with E-state index >= 15 is 0 Å². The van der Waals surface area contributed by atoms with Gasteiger partial charge < -0.3 is 20.4 Å². The Labute approximate surface area is 276 Å². The lowest BCUT2D eigenvalue weighted by Gasteiger charge is -2.46. The van der Waals surface area contributed by atoms with Crippen LogP contribution in [0.5, 0.6) is 0 Å². The summed E-state index contributed by atoms with van der Waals surface area (Å²) in [7, 11) is 0. The van der Waals surface area contributed by atoms with E-state index in [1.54, 1.807) is 0 Å². The highest BCUT2D eigenvalue weighted by Gasteiger charge is 2.53. The summed E-state index contributed by atoms with van der Waals surface area (Å²) in [5.74, 6) is 0. The number of rotatable bonds is 28. The van der Waals surface area contributed by atoms with Crippen LogP contribution in [0, 0.1) is 5.41 Å². The van der Waals surface area contributed by atoms with E-state index in [4.69, 9.17) is 0 Å². The van der Waals surface area contributed by atoms with Crippen molar-refractivity contribution in [2.75, 3.05) is 19.8 Å². The molecule has 0 aliphatic rings. The van der Waals surface area contributed by atoms with Crippen molar-refractivity contribution in [1.82, 2.24) is 0 Å². The van der Waals surface area contributed by atoms with Crippen molar-refractivity contribution < 1.29 is 20.4 Å². The van der Waals surface area contributed by atoms with Crippen molar-refractivity contribution in [2.24, 2.45) is 5.41 Å². The minimum absolute atomic E-state index is 0.532. The molecule has 4 heteroatoms. The molecule has 0 aromatic heterocycles. The van der Waals surface area contributed by atoms with Crippen LogP contribution in [-0.2, 0) is 18.4 Å². The standard InChI is InChI=1S/C41H68O4/c1-3-5-7-9-11-13-15-17-19-21-27-36-29-23-25-31-38(36)41(45,40(33-42,34-43)35-44)39-32-26-24-30-37(39)28-22-20-18-16-14-12-10-8-6-4-2/h23-26,29-32,42-45H,3-22,27-28,33-35H2,1-2H3. The van der Waals surface area contributed by atoms with Crippen LogP contribution in [-0.4, -0.2) is 40.2 Å². The van der Waals surface area contributed by atoms with Crippen molar-refractivity contribution in [3.8, 4) is 0 Å². The number of aryl methyl sites for hydroxylation is 2. The number of aliphatic hydroxyl groups is 4. The summed E-state index contributed by atoms with van der Waals surface area (Å²) in [4.78, 5) is 0. The van der Waals surface area contributed by atoms with Crippen molar-refractivity contribution >= 4 is 0 Å². The zero-order valence-electron chi connectivity index (χ0n) is 29.1. The predicted octanol–water partition coefficient (Wildman–Crippen LogP) is 9.81. The molecular formula is C41H68O4. The molecule has 2 aromatic rings. The molecule has 2 aromatic carbocycles. The summed E-state index contributed by atoms with van der Waals surface area (Å²) in [5, 5.41) is 44.9. The van der Waals surface area contributed by atoms with Crippen LogP contribution in [0.25, 0.3) is 0 Å². The van der Waals surface area contributed by atoms with Gasteiger partial charge in [-0.05, 0) is 47.9 Å². The molecule has 0 heterocycles. The molecule has 0 spiro atoms. The molecule has 0 atom stereocenters. The molecule has 0 aliphatic carbocycles. The number of unbranched alkanes of at least 4 members (excludes halogenated alkanes) is 18. The zero-order valence-corrected chi connectivity index (χ0v) is 29.1. The van der Waals surface area contributed by atoms with Gasteiger partial charge in [-0.25, -0.2) is 0 Å². The molecule has 0 saturated heterocycles. The lowest BCUT2D eigenvalue weighted by atomic mass is 9.63. The summed E-state index contributed by atoms with van der Waals surface area (Å²) in [5.41, 5.74) is 0.146. The molecular weight excluding hydrogens is 556 g/mol. The summed E-state index contributed by atoms with van der Waals surface area (Å²) in [6, 6.07) is 15.8. The lowest BCUT2D eigenvalue weighted by molar-refractivity contribution is -0.136. The van der Waals surface area contributed by atoms with Gasteiger partial charge in [-0.3, -0.25) is 0 Å². The number of hydrogen-bond acceptors (Lipinski definition) is 4. The Bertz CT molecular complexity index is 923. The smallest absolute Gasteiger partial charge is 0.127 e. The highest BCUT2D eigenvalue weighted by molar-refractivity contribution is 5.47. The Hall–Kier alpha value is -1.72. The van der Waals surface area contributed by atoms with Gasteiger partial charge in [-0.2, -0.15) is 0 Å². The predicted molar refractivity (Wildman–Crippen MR) is 191 cm³/mol. The van der Waals surface area contributed by atoms with E-state index in [1.807, 2.05) is 36.4 Å². The molecule has 0 radical (unpaired) electrons. The molecule has 0 saturated carbocycles. The summed E-state index contributed by atoms with van der Waals surface area (Å²) < 4.78 is 0. The average Bonchev–Trinajstić information content (AvgIpc) is 3.07. The van der Waals surface area contributed by atoms with Gasteiger partial charge >= 0.3 is 0 Å². The monoisotopic (exact) mass is 625 g/mol. The van der Waals surface area contributed by atoms with E-state index in [9.17, 15) is 20.4 Å². The first-order chi connectivity index (χ1) is 22.0. The van der Waals surface area contributed by atoms with Gasteiger partial charge in [-0.15, -0.1) is 0 Å². The van der Waals surface area contributed by atoms with Gasteiger partial charge in [0.15, 0.2) is 0 Å². The highest BCUT2D eigenvalue weighted by Crippen LogP contribution is 2.47. The zero-order chi connectivity index (χ0) is 32.6. The fourth-order valence-electron chi connectivity index (χ4n) is 7.00. The van der Waals surface area contributed by atoms with E-state index in [0.717, 1.165) is 49.7 Å². The third-order valence-electron chi connectivity index (χ3n) is 10.1. The third-order valence-corrected chi connectivity index (χ3v) is 10.1. The van der Waals surface area contributed by atoms with Crippen LogP contribution in [0.4, 0.5) is 0 Å². The molecule has 2 rings (SSSR count). The second-order valence-corrected chi connectivity index (χ2v) is 13.6. The molecule has 256 valence electrons. The van der Waals surface area contributed by atoms with Crippen LogP contribution in [0.1, 0.15) is 165 Å². The molecule has 0 fully saturated rings. The first-order valence-corrected chi connectivity index (χ1v) is 18.8. The first kappa shape index (κ1) is 39.5. The van der Waals surface area contributed by atoms with Gasteiger partial charge in [0.05, 0.1) is 25.2 Å². The van der Waals surface area contributed by atoms with Crippen molar-refractivity contribution in [2.45, 2.75) is 161 Å². The Morgan fingerprint density at radius 2 is 0.711 bits per heavy atom. The van der Waals surface area contributed by atoms with Gasteiger partial charge in [0.1, 0.15) is 5.60 Å². The second kappa shape index (κ2) is 23.6. The molecule has 45 heavy (non-hydrogen) atoms. The Morgan fingerprint density at radius 3 is 1.02 bits per heavy atom. The third kappa shape index (κ3) is 12.4. The molecule has 0 unspecified atom stereocenters. The minimum Gasteiger partial charge on any atom is -0.395 e. The van der Waals surface area contributed by atoms with Crippen LogP contribution < -0.4 is 0 Å². The van der Waals surface area contributed by atoms with E-state index in [2.05, 4.69) is 26.0 Å².